The fraction of sp³-hybridized carbons (Fsp3) is 0.862. The average molecular weight is 521 g/mol. The number of cyclic esters (lactones) is 1. The Morgan fingerprint density at radius 1 is 1.11 bits per heavy atom. The van der Waals surface area contributed by atoms with Crippen molar-refractivity contribution in [3.05, 3.63) is 11.6 Å². The lowest BCUT2D eigenvalue weighted by Crippen LogP contribution is -2.62. The van der Waals surface area contributed by atoms with E-state index in [1.807, 2.05) is 13.8 Å². The number of rotatable bonds is 4. The molecular weight excluding hydrogens is 476 g/mol. The number of aliphatic hydroxyl groups is 5. The molecule has 5 N–H and O–H groups in total. The monoisotopic (exact) mass is 520 g/mol. The van der Waals surface area contributed by atoms with Gasteiger partial charge in [-0.2, -0.15) is 0 Å². The molecule has 8 heteroatoms. The maximum Gasteiger partial charge on any atom is 0.309 e. The Morgan fingerprint density at radius 3 is 2.41 bits per heavy atom. The standard InChI is InChI=1S/C29H44O8/c1-14-24(15(2)37-25(14)34)22(33)13-28(5,35)23-7-9-29(36)17-10-19(30)18-11-20(31)21(32)12-26(18,3)16(17)6-8-27(23,29)4/h10,14-16,18,20-24,31-33,35-36H,6-9,11-13H2,1-5H3/t14?,15?,16?,18?,20?,21?,22?,23?,24?,26-,27-,28+,29-/m1/s1. The topological polar surface area (TPSA) is 145 Å². The van der Waals surface area contributed by atoms with E-state index in [9.17, 15) is 35.1 Å². The highest BCUT2D eigenvalue weighted by atomic mass is 16.6. The van der Waals surface area contributed by atoms with Crippen molar-refractivity contribution in [2.45, 2.75) is 115 Å². The van der Waals surface area contributed by atoms with Crippen LogP contribution in [-0.4, -0.2) is 72.9 Å². The molecule has 0 aromatic heterocycles. The minimum absolute atomic E-state index is 0.0601. The molecule has 1 aliphatic heterocycles. The van der Waals surface area contributed by atoms with Gasteiger partial charge in [-0.15, -0.1) is 0 Å². The number of ketones is 1. The number of hydrogen-bond acceptors (Lipinski definition) is 8. The molecule has 8 nitrogen and oxygen atoms in total. The Balaban J connectivity index is 1.43. The van der Waals surface area contributed by atoms with Gasteiger partial charge in [-0.3, -0.25) is 9.59 Å². The molecule has 1 saturated heterocycles. The molecule has 13 atom stereocenters. The molecule has 1 heterocycles. The number of hydrogen-bond donors (Lipinski definition) is 5. The first-order valence-electron chi connectivity index (χ1n) is 14.0. The molecule has 0 aromatic rings. The van der Waals surface area contributed by atoms with Crippen molar-refractivity contribution >= 4 is 11.8 Å². The van der Waals surface area contributed by atoms with Crippen LogP contribution in [0.4, 0.5) is 0 Å². The third-order valence-corrected chi connectivity index (χ3v) is 11.7. The zero-order chi connectivity index (χ0) is 27.3. The van der Waals surface area contributed by atoms with Gasteiger partial charge in [-0.05, 0) is 81.3 Å². The highest BCUT2D eigenvalue weighted by Crippen LogP contribution is 2.68. The first kappa shape index (κ1) is 27.3. The van der Waals surface area contributed by atoms with E-state index in [4.69, 9.17) is 4.74 Å². The van der Waals surface area contributed by atoms with Gasteiger partial charge in [-0.1, -0.05) is 20.8 Å². The number of carbonyl (C=O) groups is 2. The highest BCUT2D eigenvalue weighted by Gasteiger charge is 2.68. The van der Waals surface area contributed by atoms with Crippen molar-refractivity contribution in [2.24, 2.45) is 40.4 Å². The van der Waals surface area contributed by atoms with E-state index in [2.05, 4.69) is 0 Å². The van der Waals surface area contributed by atoms with Gasteiger partial charge in [0, 0.05) is 23.7 Å². The van der Waals surface area contributed by atoms with Gasteiger partial charge in [0.2, 0.25) is 0 Å². The lowest BCUT2D eigenvalue weighted by atomic mass is 9.45. The molecule has 0 radical (unpaired) electrons. The van der Waals surface area contributed by atoms with E-state index in [0.29, 0.717) is 37.7 Å². The first-order chi connectivity index (χ1) is 17.1. The van der Waals surface area contributed by atoms with E-state index in [0.717, 1.165) is 0 Å². The summed E-state index contributed by atoms with van der Waals surface area (Å²) in [5, 5.41) is 56.0. The van der Waals surface area contributed by atoms with E-state index < -0.39 is 58.3 Å². The molecule has 0 aromatic carbocycles. The molecule has 208 valence electrons. The van der Waals surface area contributed by atoms with Gasteiger partial charge in [-0.25, -0.2) is 0 Å². The summed E-state index contributed by atoms with van der Waals surface area (Å²) in [6.07, 6.45) is 1.30. The van der Waals surface area contributed by atoms with Gasteiger partial charge < -0.3 is 30.3 Å². The van der Waals surface area contributed by atoms with Crippen molar-refractivity contribution in [1.82, 2.24) is 0 Å². The van der Waals surface area contributed by atoms with Crippen molar-refractivity contribution in [1.29, 1.82) is 0 Å². The molecule has 5 rings (SSSR count). The second-order valence-corrected chi connectivity index (χ2v) is 13.7. The summed E-state index contributed by atoms with van der Waals surface area (Å²) in [5.41, 5.74) is -3.15. The lowest BCUT2D eigenvalue weighted by Gasteiger charge is -2.60. The molecule has 3 saturated carbocycles. The third kappa shape index (κ3) is 3.73. The second kappa shape index (κ2) is 8.59. The predicted octanol–water partition coefficient (Wildman–Crippen LogP) is 1.89. The molecule has 37 heavy (non-hydrogen) atoms. The number of esters is 1. The molecule has 0 amide bonds. The Labute approximate surface area is 219 Å². The first-order valence-corrected chi connectivity index (χ1v) is 14.0. The molecule has 0 spiro atoms. The fourth-order valence-corrected chi connectivity index (χ4v) is 9.65. The van der Waals surface area contributed by atoms with E-state index in [-0.39, 0.29) is 42.3 Å². The Morgan fingerprint density at radius 2 is 1.78 bits per heavy atom. The molecule has 5 aliphatic rings. The number of aliphatic hydroxyl groups excluding tert-OH is 3. The summed E-state index contributed by atoms with van der Waals surface area (Å²) in [7, 11) is 0. The maximum absolute atomic E-state index is 13.3. The Hall–Kier alpha value is -1.32. The van der Waals surface area contributed by atoms with E-state index in [1.54, 1.807) is 26.8 Å². The number of fused-ring (bicyclic) bond motifs is 5. The van der Waals surface area contributed by atoms with E-state index >= 15 is 0 Å². The highest BCUT2D eigenvalue weighted by molar-refractivity contribution is 5.95. The normalized spacial score (nSPS) is 51.9. The van der Waals surface area contributed by atoms with Gasteiger partial charge in [0.1, 0.15) is 6.10 Å². The fourth-order valence-electron chi connectivity index (χ4n) is 9.65. The van der Waals surface area contributed by atoms with Crippen molar-refractivity contribution in [3.63, 3.8) is 0 Å². The predicted molar refractivity (Wildman–Crippen MR) is 134 cm³/mol. The summed E-state index contributed by atoms with van der Waals surface area (Å²) in [6, 6.07) is 0. The maximum atomic E-state index is 13.3. The second-order valence-electron chi connectivity index (χ2n) is 13.7. The van der Waals surface area contributed by atoms with Crippen LogP contribution >= 0.6 is 0 Å². The molecule has 0 bridgehead atoms. The van der Waals surface area contributed by atoms with Crippen LogP contribution in [0.25, 0.3) is 0 Å². The molecule has 4 aliphatic carbocycles. The van der Waals surface area contributed by atoms with Crippen LogP contribution in [0, 0.1) is 40.4 Å². The summed E-state index contributed by atoms with van der Waals surface area (Å²) in [4.78, 5) is 25.4. The van der Waals surface area contributed by atoms with Crippen LogP contribution in [0.3, 0.4) is 0 Å². The minimum Gasteiger partial charge on any atom is -0.462 e. The zero-order valence-corrected chi connectivity index (χ0v) is 22.7. The van der Waals surface area contributed by atoms with Gasteiger partial charge in [0.05, 0.1) is 35.4 Å². The van der Waals surface area contributed by atoms with Gasteiger partial charge in [0.15, 0.2) is 5.78 Å². The molecule has 9 unspecified atom stereocenters. The zero-order valence-electron chi connectivity index (χ0n) is 22.7. The quantitative estimate of drug-likeness (QED) is 0.354. The molecule has 4 fully saturated rings. The van der Waals surface area contributed by atoms with Crippen LogP contribution in [-0.2, 0) is 14.3 Å². The van der Waals surface area contributed by atoms with Gasteiger partial charge >= 0.3 is 5.97 Å². The SMILES string of the molecule is CC1OC(=O)C(C)C1C(O)C[C@](C)(O)C1CC[C@@]2(O)C3=CC(=O)C4CC(O)C(O)C[C@]4(C)C3CC[C@]12C. The van der Waals surface area contributed by atoms with Crippen LogP contribution in [0.1, 0.15) is 79.6 Å². The summed E-state index contributed by atoms with van der Waals surface area (Å²) in [5.74, 6) is -2.11. The summed E-state index contributed by atoms with van der Waals surface area (Å²) < 4.78 is 5.31. The van der Waals surface area contributed by atoms with Crippen molar-refractivity contribution < 1.29 is 39.9 Å². The molecular formula is C29H44O8. The van der Waals surface area contributed by atoms with Crippen LogP contribution in [0.15, 0.2) is 11.6 Å². The van der Waals surface area contributed by atoms with Crippen LogP contribution in [0.2, 0.25) is 0 Å². The number of allylic oxidation sites excluding steroid dienone is 1. The third-order valence-electron chi connectivity index (χ3n) is 11.7. The number of ether oxygens (including phenoxy) is 1. The Kier molecular flexibility index (Phi) is 6.33. The Bertz CT molecular complexity index is 1010. The van der Waals surface area contributed by atoms with Crippen molar-refractivity contribution in [2.75, 3.05) is 0 Å². The van der Waals surface area contributed by atoms with Crippen LogP contribution < -0.4 is 0 Å². The van der Waals surface area contributed by atoms with E-state index in [1.165, 1.54) is 0 Å². The van der Waals surface area contributed by atoms with Crippen LogP contribution in [0.5, 0.6) is 0 Å². The summed E-state index contributed by atoms with van der Waals surface area (Å²) in [6.45, 7) is 9.23. The average Bonchev–Trinajstić information content (AvgIpc) is 3.21. The number of carbonyl (C=O) groups excluding carboxylic acids is 2. The van der Waals surface area contributed by atoms with Gasteiger partial charge in [0.25, 0.3) is 0 Å². The smallest absolute Gasteiger partial charge is 0.309 e. The minimum atomic E-state index is -1.31. The summed E-state index contributed by atoms with van der Waals surface area (Å²) >= 11 is 0. The van der Waals surface area contributed by atoms with Crippen molar-refractivity contribution in [3.8, 4) is 0 Å². The largest absolute Gasteiger partial charge is 0.462 e. The lowest BCUT2D eigenvalue weighted by molar-refractivity contribution is -0.163.